The van der Waals surface area contributed by atoms with Crippen LogP contribution in [0.3, 0.4) is 0 Å². The molecule has 1 fully saturated rings. The number of piperazine rings is 1. The molecule has 1 saturated heterocycles. The summed E-state index contributed by atoms with van der Waals surface area (Å²) in [4.78, 5) is 18.9. The number of anilines is 2. The van der Waals surface area contributed by atoms with Gasteiger partial charge in [-0.25, -0.2) is 0 Å². The molecule has 2 rings (SSSR count). The van der Waals surface area contributed by atoms with Crippen molar-refractivity contribution in [3.63, 3.8) is 0 Å². The number of nitrogens with zero attached hydrogens (tertiary/aromatic N) is 6. The van der Waals surface area contributed by atoms with E-state index in [0.717, 1.165) is 26.2 Å². The van der Waals surface area contributed by atoms with E-state index in [1.807, 2.05) is 32.8 Å². The van der Waals surface area contributed by atoms with E-state index in [1.165, 1.54) is 0 Å². The summed E-state index contributed by atoms with van der Waals surface area (Å²) in [6.07, 6.45) is 0. The van der Waals surface area contributed by atoms with Crippen LogP contribution in [0.5, 0.6) is 0 Å². The van der Waals surface area contributed by atoms with Crippen LogP contribution in [-0.2, 0) is 0 Å². The first-order chi connectivity index (χ1) is 9.74. The lowest BCUT2D eigenvalue weighted by Gasteiger charge is -2.37. The minimum absolute atomic E-state index is 0.211. The van der Waals surface area contributed by atoms with Gasteiger partial charge in [-0.1, -0.05) is 0 Å². The smallest absolute Gasteiger partial charge is 0.231 e. The molecule has 0 radical (unpaired) electrons. The average molecular weight is 315 g/mol. The van der Waals surface area contributed by atoms with E-state index < -0.39 is 5.60 Å². The molecule has 0 atom stereocenters. The van der Waals surface area contributed by atoms with Crippen LogP contribution in [0, 0.1) is 0 Å². The standard InChI is InChI=1S/C13H23ClN6O/c1-13(2,21)9-19-5-7-20(8-6-19)12-16-10(14)15-11(17-12)18(3)4/h21H,5-9H2,1-4H3. The normalized spacial score (nSPS) is 17.1. The molecule has 118 valence electrons. The molecule has 1 aliphatic rings. The molecular weight excluding hydrogens is 292 g/mol. The van der Waals surface area contributed by atoms with Gasteiger partial charge in [0, 0.05) is 46.8 Å². The van der Waals surface area contributed by atoms with E-state index in [1.54, 1.807) is 0 Å². The molecule has 0 spiro atoms. The first-order valence-electron chi connectivity index (χ1n) is 7.03. The summed E-state index contributed by atoms with van der Waals surface area (Å²) >= 11 is 5.97. The Morgan fingerprint density at radius 2 is 1.76 bits per heavy atom. The maximum absolute atomic E-state index is 9.88. The van der Waals surface area contributed by atoms with Crippen LogP contribution in [0.1, 0.15) is 13.8 Å². The molecule has 1 aromatic heterocycles. The largest absolute Gasteiger partial charge is 0.389 e. The van der Waals surface area contributed by atoms with Crippen molar-refractivity contribution < 1.29 is 5.11 Å². The zero-order chi connectivity index (χ0) is 15.6. The highest BCUT2D eigenvalue weighted by Crippen LogP contribution is 2.17. The van der Waals surface area contributed by atoms with E-state index >= 15 is 0 Å². The Hall–Kier alpha value is -1.18. The summed E-state index contributed by atoms with van der Waals surface area (Å²) in [5.74, 6) is 1.17. The Morgan fingerprint density at radius 1 is 1.14 bits per heavy atom. The van der Waals surface area contributed by atoms with Crippen molar-refractivity contribution in [3.8, 4) is 0 Å². The summed E-state index contributed by atoms with van der Waals surface area (Å²) in [5.41, 5.74) is -0.670. The van der Waals surface area contributed by atoms with E-state index in [0.29, 0.717) is 18.4 Å². The molecule has 1 aromatic rings. The predicted molar refractivity (Wildman–Crippen MR) is 84.1 cm³/mol. The fourth-order valence-electron chi connectivity index (χ4n) is 2.32. The fraction of sp³-hybridized carbons (Fsp3) is 0.769. The third-order valence-electron chi connectivity index (χ3n) is 3.25. The second kappa shape index (κ2) is 6.29. The molecule has 8 heteroatoms. The molecule has 21 heavy (non-hydrogen) atoms. The van der Waals surface area contributed by atoms with E-state index in [-0.39, 0.29) is 5.28 Å². The Kier molecular flexibility index (Phi) is 4.85. The summed E-state index contributed by atoms with van der Waals surface area (Å²) in [6, 6.07) is 0. The lowest BCUT2D eigenvalue weighted by atomic mass is 10.1. The number of aromatic nitrogens is 3. The first kappa shape index (κ1) is 16.2. The van der Waals surface area contributed by atoms with Crippen LogP contribution in [0.25, 0.3) is 0 Å². The molecule has 0 aromatic carbocycles. The number of rotatable bonds is 4. The average Bonchev–Trinajstić information content (AvgIpc) is 2.37. The van der Waals surface area contributed by atoms with Gasteiger partial charge in [-0.2, -0.15) is 15.0 Å². The van der Waals surface area contributed by atoms with Crippen molar-refractivity contribution in [2.24, 2.45) is 0 Å². The predicted octanol–water partition coefficient (Wildman–Crippen LogP) is 0.484. The first-order valence-corrected chi connectivity index (χ1v) is 7.41. The molecule has 0 saturated carbocycles. The molecule has 2 heterocycles. The Morgan fingerprint density at radius 3 is 2.29 bits per heavy atom. The number of hydrogen-bond acceptors (Lipinski definition) is 7. The number of halogens is 1. The molecular formula is C13H23ClN6O. The van der Waals surface area contributed by atoms with Crippen LogP contribution < -0.4 is 9.80 Å². The maximum Gasteiger partial charge on any atom is 0.231 e. The summed E-state index contributed by atoms with van der Waals surface area (Å²) < 4.78 is 0. The van der Waals surface area contributed by atoms with Gasteiger partial charge in [0.15, 0.2) is 0 Å². The van der Waals surface area contributed by atoms with Crippen molar-refractivity contribution in [3.05, 3.63) is 5.28 Å². The third kappa shape index (κ3) is 4.66. The summed E-state index contributed by atoms with van der Waals surface area (Å²) in [6.45, 7) is 7.67. The third-order valence-corrected chi connectivity index (χ3v) is 3.42. The second-order valence-corrected chi connectivity index (χ2v) is 6.51. The SMILES string of the molecule is CN(C)c1nc(Cl)nc(N2CCN(CC(C)(C)O)CC2)n1. The van der Waals surface area contributed by atoms with E-state index in [2.05, 4.69) is 24.8 Å². The topological polar surface area (TPSA) is 68.6 Å². The molecule has 0 unspecified atom stereocenters. The lowest BCUT2D eigenvalue weighted by molar-refractivity contribution is 0.0344. The highest BCUT2D eigenvalue weighted by atomic mass is 35.5. The van der Waals surface area contributed by atoms with Crippen LogP contribution in [0.15, 0.2) is 0 Å². The van der Waals surface area contributed by atoms with Crippen molar-refractivity contribution in [2.75, 3.05) is 56.6 Å². The molecule has 0 aliphatic carbocycles. The van der Waals surface area contributed by atoms with Gasteiger partial charge < -0.3 is 14.9 Å². The molecule has 0 amide bonds. The van der Waals surface area contributed by atoms with Crippen molar-refractivity contribution in [1.29, 1.82) is 0 Å². The highest BCUT2D eigenvalue weighted by Gasteiger charge is 2.24. The zero-order valence-corrected chi connectivity index (χ0v) is 13.8. The van der Waals surface area contributed by atoms with Gasteiger partial charge in [0.05, 0.1) is 5.60 Å². The van der Waals surface area contributed by atoms with Crippen LogP contribution >= 0.6 is 11.6 Å². The van der Waals surface area contributed by atoms with Crippen molar-refractivity contribution in [2.45, 2.75) is 19.4 Å². The number of aliphatic hydroxyl groups is 1. The summed E-state index contributed by atoms with van der Waals surface area (Å²) in [7, 11) is 3.74. The van der Waals surface area contributed by atoms with Crippen molar-refractivity contribution in [1.82, 2.24) is 19.9 Å². The monoisotopic (exact) mass is 314 g/mol. The molecule has 1 aliphatic heterocycles. The number of hydrogen-bond donors (Lipinski definition) is 1. The fourth-order valence-corrected chi connectivity index (χ4v) is 2.48. The van der Waals surface area contributed by atoms with E-state index in [4.69, 9.17) is 11.6 Å². The Bertz CT molecular complexity index is 482. The van der Waals surface area contributed by atoms with E-state index in [9.17, 15) is 5.11 Å². The number of β-amino-alcohol motifs (C(OH)–C–C–N with tert-alkyl or cyclic N) is 1. The second-order valence-electron chi connectivity index (χ2n) is 6.17. The van der Waals surface area contributed by atoms with Gasteiger partial charge in [0.1, 0.15) is 0 Å². The molecule has 0 bridgehead atoms. The van der Waals surface area contributed by atoms with Crippen LogP contribution in [0.4, 0.5) is 11.9 Å². The minimum atomic E-state index is -0.670. The van der Waals surface area contributed by atoms with Crippen molar-refractivity contribution >= 4 is 23.5 Å². The molecule has 1 N–H and O–H groups in total. The Balaban J connectivity index is 2.02. The van der Waals surface area contributed by atoms with Crippen LogP contribution in [-0.4, -0.2) is 77.4 Å². The maximum atomic E-state index is 9.88. The quantitative estimate of drug-likeness (QED) is 0.867. The van der Waals surface area contributed by atoms with Gasteiger partial charge >= 0.3 is 0 Å². The van der Waals surface area contributed by atoms with Crippen LogP contribution in [0.2, 0.25) is 5.28 Å². The van der Waals surface area contributed by atoms with Gasteiger partial charge in [-0.15, -0.1) is 0 Å². The lowest BCUT2D eigenvalue weighted by Crippen LogP contribution is -2.51. The van der Waals surface area contributed by atoms with Gasteiger partial charge in [0.25, 0.3) is 0 Å². The van der Waals surface area contributed by atoms with Gasteiger partial charge in [-0.3, -0.25) is 4.90 Å². The summed E-state index contributed by atoms with van der Waals surface area (Å²) in [5, 5.41) is 10.1. The van der Waals surface area contributed by atoms with Gasteiger partial charge in [0.2, 0.25) is 17.2 Å². The van der Waals surface area contributed by atoms with Gasteiger partial charge in [-0.05, 0) is 25.4 Å². The minimum Gasteiger partial charge on any atom is -0.389 e. The zero-order valence-electron chi connectivity index (χ0n) is 13.0. The Labute approximate surface area is 130 Å². The molecule has 7 nitrogen and oxygen atoms in total. The highest BCUT2D eigenvalue weighted by molar-refractivity contribution is 6.28.